The van der Waals surface area contributed by atoms with Crippen molar-refractivity contribution < 1.29 is 8.42 Å². The van der Waals surface area contributed by atoms with Crippen LogP contribution in [0.15, 0.2) is 33.9 Å². The van der Waals surface area contributed by atoms with E-state index in [0.29, 0.717) is 10.8 Å². The highest BCUT2D eigenvalue weighted by atomic mass is 32.2. The van der Waals surface area contributed by atoms with Crippen molar-refractivity contribution in [2.75, 3.05) is 6.54 Å². The van der Waals surface area contributed by atoms with Gasteiger partial charge in [-0.3, -0.25) is 0 Å². The Morgan fingerprint density at radius 3 is 2.93 bits per heavy atom. The van der Waals surface area contributed by atoms with Crippen LogP contribution in [0.5, 0.6) is 0 Å². The fourth-order valence-corrected chi connectivity index (χ4v) is 3.02. The molecule has 0 amide bonds. The van der Waals surface area contributed by atoms with Crippen LogP contribution in [-0.4, -0.2) is 15.0 Å². The van der Waals surface area contributed by atoms with Gasteiger partial charge in [0.05, 0.1) is 0 Å². The minimum Gasteiger partial charge on any atom is -0.210 e. The second-order valence-electron chi connectivity index (χ2n) is 2.69. The Labute approximate surface area is 88.5 Å². The second kappa shape index (κ2) is 5.29. The molecule has 14 heavy (non-hydrogen) atoms. The minimum atomic E-state index is -3.26. The zero-order chi connectivity index (χ0) is 10.4. The third kappa shape index (κ3) is 3.25. The van der Waals surface area contributed by atoms with Crippen molar-refractivity contribution in [1.29, 1.82) is 0 Å². The highest BCUT2D eigenvalue weighted by molar-refractivity contribution is 7.91. The van der Waals surface area contributed by atoms with E-state index in [0.717, 1.165) is 6.42 Å². The van der Waals surface area contributed by atoms with Crippen molar-refractivity contribution >= 4 is 21.4 Å². The average Bonchev–Trinajstić information content (AvgIpc) is 2.65. The molecule has 5 heteroatoms. The Morgan fingerprint density at radius 1 is 1.57 bits per heavy atom. The molecule has 0 aromatic carbocycles. The molecular weight excluding hydrogens is 218 g/mol. The zero-order valence-corrected chi connectivity index (χ0v) is 9.57. The number of thiophene rings is 1. The van der Waals surface area contributed by atoms with Gasteiger partial charge in [-0.15, -0.1) is 11.3 Å². The molecule has 0 radical (unpaired) electrons. The molecule has 0 saturated carbocycles. The normalized spacial score (nSPS) is 12.4. The van der Waals surface area contributed by atoms with Crippen LogP contribution in [0.4, 0.5) is 0 Å². The summed E-state index contributed by atoms with van der Waals surface area (Å²) in [6.07, 6.45) is 4.55. The van der Waals surface area contributed by atoms with E-state index in [9.17, 15) is 8.42 Å². The zero-order valence-electron chi connectivity index (χ0n) is 7.93. The fraction of sp³-hybridized carbons (Fsp3) is 0.333. The number of nitrogens with one attached hydrogen (secondary N) is 1. The molecule has 0 fully saturated rings. The van der Waals surface area contributed by atoms with E-state index in [4.69, 9.17) is 0 Å². The lowest BCUT2D eigenvalue weighted by Crippen LogP contribution is -2.23. The summed E-state index contributed by atoms with van der Waals surface area (Å²) in [4.78, 5) is 0. The predicted molar refractivity (Wildman–Crippen MR) is 58.9 cm³/mol. The summed E-state index contributed by atoms with van der Waals surface area (Å²) in [6, 6.07) is 3.33. The van der Waals surface area contributed by atoms with E-state index >= 15 is 0 Å². The maximum atomic E-state index is 11.5. The van der Waals surface area contributed by atoms with Crippen LogP contribution in [0.1, 0.15) is 13.3 Å². The molecule has 1 aromatic heterocycles. The first-order chi connectivity index (χ1) is 6.67. The molecule has 0 bridgehead atoms. The van der Waals surface area contributed by atoms with Gasteiger partial charge in [-0.2, -0.15) is 0 Å². The topological polar surface area (TPSA) is 46.2 Å². The summed E-state index contributed by atoms with van der Waals surface area (Å²) in [7, 11) is -3.26. The SMILES string of the molecule is C/C=C/CCNS(=O)(=O)c1cccs1. The second-order valence-corrected chi connectivity index (χ2v) is 5.63. The van der Waals surface area contributed by atoms with Crippen LogP contribution in [0.3, 0.4) is 0 Å². The molecule has 78 valence electrons. The molecular formula is C9H13NO2S2. The smallest absolute Gasteiger partial charge is 0.210 e. The lowest BCUT2D eigenvalue weighted by molar-refractivity contribution is 0.584. The highest BCUT2D eigenvalue weighted by Gasteiger charge is 2.12. The van der Waals surface area contributed by atoms with Crippen LogP contribution in [-0.2, 0) is 10.0 Å². The van der Waals surface area contributed by atoms with Crippen molar-refractivity contribution in [3.8, 4) is 0 Å². The van der Waals surface area contributed by atoms with E-state index in [1.165, 1.54) is 11.3 Å². The first-order valence-electron chi connectivity index (χ1n) is 4.31. The van der Waals surface area contributed by atoms with Crippen molar-refractivity contribution in [3.63, 3.8) is 0 Å². The predicted octanol–water partition coefficient (Wildman–Crippen LogP) is 1.99. The molecule has 0 spiro atoms. The summed E-state index contributed by atoms with van der Waals surface area (Å²) < 4.78 is 26.0. The average molecular weight is 231 g/mol. The summed E-state index contributed by atoms with van der Waals surface area (Å²) in [6.45, 7) is 2.36. The Balaban J connectivity index is 2.52. The molecule has 0 aliphatic heterocycles. The van der Waals surface area contributed by atoms with Crippen LogP contribution in [0.25, 0.3) is 0 Å². The third-order valence-corrected chi connectivity index (χ3v) is 4.46. The first-order valence-corrected chi connectivity index (χ1v) is 6.67. The summed E-state index contributed by atoms with van der Waals surface area (Å²) in [5.41, 5.74) is 0. The number of allylic oxidation sites excluding steroid dienone is 1. The van der Waals surface area contributed by atoms with Gasteiger partial charge in [0.1, 0.15) is 4.21 Å². The Bertz CT molecular complexity index is 379. The molecule has 0 atom stereocenters. The molecule has 3 nitrogen and oxygen atoms in total. The molecule has 0 aliphatic rings. The lowest BCUT2D eigenvalue weighted by Gasteiger charge is -2.01. The minimum absolute atomic E-state index is 0.373. The molecule has 0 saturated heterocycles. The number of hydrogen-bond donors (Lipinski definition) is 1. The molecule has 1 aromatic rings. The summed E-state index contributed by atoms with van der Waals surface area (Å²) in [5, 5.41) is 1.75. The summed E-state index contributed by atoms with van der Waals surface area (Å²) in [5.74, 6) is 0. The highest BCUT2D eigenvalue weighted by Crippen LogP contribution is 2.14. The van der Waals surface area contributed by atoms with E-state index < -0.39 is 10.0 Å². The first kappa shape index (κ1) is 11.4. The van der Waals surface area contributed by atoms with Gasteiger partial charge in [-0.25, -0.2) is 13.1 Å². The van der Waals surface area contributed by atoms with Crippen LogP contribution < -0.4 is 4.72 Å². The van der Waals surface area contributed by atoms with Gasteiger partial charge >= 0.3 is 0 Å². The van der Waals surface area contributed by atoms with E-state index in [1.807, 2.05) is 19.1 Å². The number of hydrogen-bond acceptors (Lipinski definition) is 3. The molecule has 1 N–H and O–H groups in total. The Morgan fingerprint density at radius 2 is 2.36 bits per heavy atom. The number of rotatable bonds is 5. The van der Waals surface area contributed by atoms with Gasteiger partial charge in [0.25, 0.3) is 0 Å². The fourth-order valence-electron chi connectivity index (χ4n) is 0.931. The summed E-state index contributed by atoms with van der Waals surface area (Å²) >= 11 is 1.23. The van der Waals surface area contributed by atoms with Gasteiger partial charge < -0.3 is 0 Å². The van der Waals surface area contributed by atoms with Crippen molar-refractivity contribution in [2.24, 2.45) is 0 Å². The maximum Gasteiger partial charge on any atom is 0.250 e. The molecule has 0 aliphatic carbocycles. The van der Waals surface area contributed by atoms with Crippen LogP contribution in [0.2, 0.25) is 0 Å². The quantitative estimate of drug-likeness (QED) is 0.622. The maximum absolute atomic E-state index is 11.5. The number of sulfonamides is 1. The largest absolute Gasteiger partial charge is 0.250 e. The Kier molecular flexibility index (Phi) is 4.31. The third-order valence-electron chi connectivity index (χ3n) is 1.60. The molecule has 0 unspecified atom stereocenters. The van der Waals surface area contributed by atoms with Gasteiger partial charge in [-0.05, 0) is 24.8 Å². The van der Waals surface area contributed by atoms with E-state index in [2.05, 4.69) is 4.72 Å². The molecule has 1 rings (SSSR count). The lowest BCUT2D eigenvalue weighted by atomic mass is 10.4. The van der Waals surface area contributed by atoms with Gasteiger partial charge in [0.15, 0.2) is 0 Å². The van der Waals surface area contributed by atoms with Crippen molar-refractivity contribution in [2.45, 2.75) is 17.6 Å². The van der Waals surface area contributed by atoms with Gasteiger partial charge in [0.2, 0.25) is 10.0 Å². The molecule has 1 heterocycles. The monoisotopic (exact) mass is 231 g/mol. The van der Waals surface area contributed by atoms with Gasteiger partial charge in [-0.1, -0.05) is 18.2 Å². The Hall–Kier alpha value is -0.650. The van der Waals surface area contributed by atoms with Crippen LogP contribution in [0, 0.1) is 0 Å². The van der Waals surface area contributed by atoms with E-state index in [-0.39, 0.29) is 0 Å². The van der Waals surface area contributed by atoms with Crippen molar-refractivity contribution in [3.05, 3.63) is 29.7 Å². The van der Waals surface area contributed by atoms with Gasteiger partial charge in [0, 0.05) is 6.54 Å². The van der Waals surface area contributed by atoms with E-state index in [1.54, 1.807) is 17.5 Å². The van der Waals surface area contributed by atoms with Crippen LogP contribution >= 0.6 is 11.3 Å². The standard InChI is InChI=1S/C9H13NO2S2/c1-2-3-4-7-10-14(11,12)9-6-5-8-13-9/h2-3,5-6,8,10H,4,7H2,1H3/b3-2+. The van der Waals surface area contributed by atoms with Crippen molar-refractivity contribution in [1.82, 2.24) is 4.72 Å².